The van der Waals surface area contributed by atoms with Gasteiger partial charge in [-0.1, -0.05) is 12.1 Å². The van der Waals surface area contributed by atoms with Crippen LogP contribution in [0.25, 0.3) is 0 Å². The van der Waals surface area contributed by atoms with Gasteiger partial charge in [0.1, 0.15) is 5.75 Å². The lowest BCUT2D eigenvalue weighted by molar-refractivity contribution is -0.121. The lowest BCUT2D eigenvalue weighted by Gasteiger charge is -2.17. The van der Waals surface area contributed by atoms with Crippen LogP contribution in [0.1, 0.15) is 37.7 Å². The minimum absolute atomic E-state index is 0.0208. The number of Topliss-reactive ketones (excluding diaryl/α,β-unsaturated/α-hetero) is 2. The third-order valence-electron chi connectivity index (χ3n) is 5.31. The highest BCUT2D eigenvalue weighted by atomic mass is 16.5. The molecule has 0 fully saturated rings. The molecule has 0 bridgehead atoms. The number of benzene rings is 1. The largest absolute Gasteiger partial charge is 0.494 e. The molecule has 2 aliphatic carbocycles. The van der Waals surface area contributed by atoms with Crippen LogP contribution < -0.4 is 4.74 Å². The van der Waals surface area contributed by atoms with E-state index in [9.17, 15) is 9.59 Å². The Hall–Kier alpha value is -2.60. The maximum Gasteiger partial charge on any atom is 0.228 e. The molecular formula is C22H26O6. The Kier molecular flexibility index (Phi) is 6.52. The Labute approximate surface area is 164 Å². The van der Waals surface area contributed by atoms with Gasteiger partial charge >= 0.3 is 0 Å². The maximum atomic E-state index is 12.6. The monoisotopic (exact) mass is 386 g/mol. The second kappa shape index (κ2) is 9.06. The summed E-state index contributed by atoms with van der Waals surface area (Å²) in [5.41, 5.74) is 2.04. The summed E-state index contributed by atoms with van der Waals surface area (Å²) in [6.07, 6.45) is 4.03. The second-order valence-electron chi connectivity index (χ2n) is 7.10. The summed E-state index contributed by atoms with van der Waals surface area (Å²) in [7, 11) is 2.77. The van der Waals surface area contributed by atoms with Crippen molar-refractivity contribution in [3.63, 3.8) is 0 Å². The first-order valence-corrected chi connectivity index (χ1v) is 9.55. The van der Waals surface area contributed by atoms with Crippen LogP contribution in [-0.4, -0.2) is 37.5 Å². The molecule has 0 atom stereocenters. The topological polar surface area (TPSA) is 82.1 Å². The van der Waals surface area contributed by atoms with E-state index >= 15 is 0 Å². The number of ether oxygens (including phenoxy) is 3. The average molecular weight is 386 g/mol. The Balaban J connectivity index is 1.44. The van der Waals surface area contributed by atoms with Gasteiger partial charge in [-0.2, -0.15) is 0 Å². The SMILES string of the molecule is COC1=C(OC)C(=O)C2=C(CC(CCCCOc3ccc(CO)cc3)C2)C1=O. The first kappa shape index (κ1) is 20.1. The molecule has 0 heterocycles. The highest BCUT2D eigenvalue weighted by Gasteiger charge is 2.41. The molecule has 150 valence electrons. The van der Waals surface area contributed by atoms with Crippen LogP contribution in [0.2, 0.25) is 0 Å². The van der Waals surface area contributed by atoms with E-state index in [4.69, 9.17) is 19.3 Å². The Morgan fingerprint density at radius 3 is 2.00 bits per heavy atom. The minimum Gasteiger partial charge on any atom is -0.494 e. The number of carbonyl (C=O) groups excluding carboxylic acids is 2. The molecule has 0 saturated heterocycles. The zero-order chi connectivity index (χ0) is 20.1. The summed E-state index contributed by atoms with van der Waals surface area (Å²) in [5, 5.41) is 9.04. The Bertz CT molecular complexity index is 765. The van der Waals surface area contributed by atoms with Gasteiger partial charge in [0.25, 0.3) is 0 Å². The number of rotatable bonds is 9. The van der Waals surface area contributed by atoms with E-state index in [-0.39, 0.29) is 35.6 Å². The Morgan fingerprint density at radius 1 is 0.929 bits per heavy atom. The van der Waals surface area contributed by atoms with Crippen LogP contribution >= 0.6 is 0 Å². The number of unbranched alkanes of at least 4 members (excludes halogenated alkanes) is 1. The van der Waals surface area contributed by atoms with Crippen molar-refractivity contribution in [1.29, 1.82) is 0 Å². The predicted octanol–water partition coefficient (Wildman–Crippen LogP) is 3.09. The highest BCUT2D eigenvalue weighted by molar-refractivity contribution is 6.24. The van der Waals surface area contributed by atoms with Crippen LogP contribution in [0.5, 0.6) is 5.75 Å². The van der Waals surface area contributed by atoms with E-state index < -0.39 is 0 Å². The number of methoxy groups -OCH3 is 2. The lowest BCUT2D eigenvalue weighted by atomic mass is 9.94. The van der Waals surface area contributed by atoms with Gasteiger partial charge in [0, 0.05) is 11.1 Å². The van der Waals surface area contributed by atoms with Gasteiger partial charge in [0.2, 0.25) is 23.1 Å². The molecule has 0 saturated carbocycles. The summed E-state index contributed by atoms with van der Waals surface area (Å²) in [6, 6.07) is 7.39. The van der Waals surface area contributed by atoms with E-state index in [0.29, 0.717) is 30.6 Å². The summed E-state index contributed by atoms with van der Waals surface area (Å²) in [4.78, 5) is 25.1. The van der Waals surface area contributed by atoms with E-state index in [1.54, 1.807) is 0 Å². The lowest BCUT2D eigenvalue weighted by Crippen LogP contribution is -2.23. The average Bonchev–Trinajstić information content (AvgIpc) is 3.15. The molecule has 6 nitrogen and oxygen atoms in total. The Morgan fingerprint density at radius 2 is 1.50 bits per heavy atom. The smallest absolute Gasteiger partial charge is 0.228 e. The van der Waals surface area contributed by atoms with Crippen molar-refractivity contribution >= 4 is 11.6 Å². The van der Waals surface area contributed by atoms with Gasteiger partial charge < -0.3 is 19.3 Å². The third kappa shape index (κ3) is 4.12. The number of aliphatic hydroxyl groups excluding tert-OH is 1. The molecule has 1 aromatic rings. The van der Waals surface area contributed by atoms with Gasteiger partial charge in [0.15, 0.2) is 0 Å². The fraction of sp³-hybridized carbons (Fsp3) is 0.455. The number of ketones is 2. The van der Waals surface area contributed by atoms with Crippen molar-refractivity contribution in [2.75, 3.05) is 20.8 Å². The normalized spacial score (nSPS) is 17.2. The van der Waals surface area contributed by atoms with Crippen molar-refractivity contribution < 1.29 is 28.9 Å². The molecule has 3 rings (SSSR count). The van der Waals surface area contributed by atoms with Crippen LogP contribution in [0.3, 0.4) is 0 Å². The van der Waals surface area contributed by atoms with Crippen molar-refractivity contribution in [2.45, 2.75) is 38.7 Å². The molecule has 0 radical (unpaired) electrons. The molecule has 0 aliphatic heterocycles. The van der Waals surface area contributed by atoms with E-state index in [2.05, 4.69) is 0 Å². The van der Waals surface area contributed by atoms with Gasteiger partial charge in [-0.05, 0) is 55.7 Å². The molecular weight excluding hydrogens is 360 g/mol. The quantitative estimate of drug-likeness (QED) is 0.519. The van der Waals surface area contributed by atoms with Crippen LogP contribution in [0.4, 0.5) is 0 Å². The van der Waals surface area contributed by atoms with Crippen LogP contribution in [-0.2, 0) is 25.7 Å². The van der Waals surface area contributed by atoms with E-state index in [1.165, 1.54) is 14.2 Å². The number of carbonyl (C=O) groups is 2. The third-order valence-corrected chi connectivity index (χ3v) is 5.31. The van der Waals surface area contributed by atoms with Gasteiger partial charge in [-0.3, -0.25) is 9.59 Å². The molecule has 2 aliphatic rings. The number of hydrogen-bond acceptors (Lipinski definition) is 6. The molecule has 1 aromatic carbocycles. The van der Waals surface area contributed by atoms with Crippen LogP contribution in [0.15, 0.2) is 46.9 Å². The number of allylic oxidation sites excluding steroid dienone is 2. The molecule has 0 unspecified atom stereocenters. The maximum absolute atomic E-state index is 12.6. The first-order valence-electron chi connectivity index (χ1n) is 9.55. The number of hydrogen-bond donors (Lipinski definition) is 1. The zero-order valence-corrected chi connectivity index (χ0v) is 16.3. The van der Waals surface area contributed by atoms with Crippen molar-refractivity contribution in [3.05, 3.63) is 52.5 Å². The molecule has 1 N–H and O–H groups in total. The van der Waals surface area contributed by atoms with Crippen molar-refractivity contribution in [3.8, 4) is 5.75 Å². The zero-order valence-electron chi connectivity index (χ0n) is 16.3. The molecule has 0 aromatic heterocycles. The summed E-state index contributed by atoms with van der Waals surface area (Å²) in [5.74, 6) is 0.685. The summed E-state index contributed by atoms with van der Waals surface area (Å²) >= 11 is 0. The van der Waals surface area contributed by atoms with Crippen molar-refractivity contribution in [2.24, 2.45) is 5.92 Å². The van der Waals surface area contributed by atoms with E-state index in [1.807, 2.05) is 24.3 Å². The molecule has 6 heteroatoms. The fourth-order valence-electron chi connectivity index (χ4n) is 3.83. The van der Waals surface area contributed by atoms with Crippen LogP contribution in [0, 0.1) is 5.92 Å². The molecule has 28 heavy (non-hydrogen) atoms. The predicted molar refractivity (Wildman–Crippen MR) is 103 cm³/mol. The fourth-order valence-corrected chi connectivity index (χ4v) is 3.83. The van der Waals surface area contributed by atoms with E-state index in [0.717, 1.165) is 30.6 Å². The molecule has 0 spiro atoms. The minimum atomic E-state index is -0.217. The molecule has 0 amide bonds. The standard InChI is InChI=1S/C22H26O6/c1-26-21-19(24)17-11-15(12-18(17)20(25)22(21)27-2)5-3-4-10-28-16-8-6-14(13-23)7-9-16/h6-9,15,23H,3-5,10-13H2,1-2H3. The summed E-state index contributed by atoms with van der Waals surface area (Å²) < 4.78 is 15.9. The van der Waals surface area contributed by atoms with Gasteiger partial charge in [0.05, 0.1) is 27.4 Å². The highest BCUT2D eigenvalue weighted by Crippen LogP contribution is 2.41. The van der Waals surface area contributed by atoms with Gasteiger partial charge in [-0.15, -0.1) is 0 Å². The first-order chi connectivity index (χ1) is 13.6. The summed E-state index contributed by atoms with van der Waals surface area (Å²) in [6.45, 7) is 0.636. The second-order valence-corrected chi connectivity index (χ2v) is 7.10. The van der Waals surface area contributed by atoms with Gasteiger partial charge in [-0.25, -0.2) is 0 Å². The van der Waals surface area contributed by atoms with Crippen molar-refractivity contribution in [1.82, 2.24) is 0 Å². The number of aliphatic hydroxyl groups is 1.